The Morgan fingerprint density at radius 2 is 1.50 bits per heavy atom. The fourth-order valence-electron chi connectivity index (χ4n) is 4.85. The molecule has 3 heterocycles. The molecule has 0 bridgehead atoms. The van der Waals surface area contributed by atoms with E-state index in [2.05, 4.69) is 0 Å². The molecule has 0 amide bonds. The van der Waals surface area contributed by atoms with Crippen LogP contribution in [-0.4, -0.2) is 119 Å². The minimum Gasteiger partial charge on any atom is -0.507 e. The number of phenolic OH excluding ortho intramolecular Hbond substituents is 4. The maximum Gasteiger partial charge on any atom is 0.402 e. The first-order chi connectivity index (χ1) is 19.9. The van der Waals surface area contributed by atoms with Crippen LogP contribution in [0.15, 0.2) is 40.8 Å². The van der Waals surface area contributed by atoms with E-state index in [0.29, 0.717) is 0 Å². The highest BCUT2D eigenvalue weighted by Crippen LogP contribution is 2.42. The number of benzene rings is 2. The Morgan fingerprint density at radius 1 is 0.762 bits per heavy atom. The number of fused-ring (bicyclic) bond motifs is 1. The lowest BCUT2D eigenvalue weighted by atomic mass is 9.97. The van der Waals surface area contributed by atoms with Gasteiger partial charge in [0.1, 0.15) is 59.6 Å². The van der Waals surface area contributed by atoms with Gasteiger partial charge >= 0.3 is 11.3 Å². The van der Waals surface area contributed by atoms with Crippen molar-refractivity contribution in [1.29, 1.82) is 0 Å². The molecule has 0 saturated carbocycles. The van der Waals surface area contributed by atoms with E-state index in [-0.39, 0.29) is 33.8 Å². The van der Waals surface area contributed by atoms with Gasteiger partial charge in [-0.05, 0) is 19.1 Å². The second-order valence-corrected chi connectivity index (χ2v) is 10.1. The summed E-state index contributed by atoms with van der Waals surface area (Å²) >= 11 is 0. The summed E-state index contributed by atoms with van der Waals surface area (Å²) in [6, 6.07) is 7.21. The van der Waals surface area contributed by atoms with Crippen LogP contribution in [0.5, 0.6) is 28.7 Å². The summed E-state index contributed by atoms with van der Waals surface area (Å²) in [5.74, 6) is -1.95. The minimum absolute atomic E-state index is 0.00399. The number of hydrogen-bond donors (Lipinski definition) is 10. The van der Waals surface area contributed by atoms with E-state index in [1.807, 2.05) is 0 Å². The first-order valence-corrected chi connectivity index (χ1v) is 12.9. The Morgan fingerprint density at radius 3 is 2.19 bits per heavy atom. The summed E-state index contributed by atoms with van der Waals surface area (Å²) in [6.07, 6.45) is -15.7. The monoisotopic (exact) mass is 595 g/mol. The second-order valence-electron chi connectivity index (χ2n) is 10.1. The highest BCUT2D eigenvalue weighted by molar-refractivity contribution is 5.88. The maximum atomic E-state index is 11.2. The lowest BCUT2D eigenvalue weighted by Crippen LogP contribution is -2.64. The Bertz CT molecular complexity index is 1430. The molecule has 2 saturated heterocycles. The van der Waals surface area contributed by atoms with Crippen molar-refractivity contribution in [3.05, 3.63) is 36.4 Å². The van der Waals surface area contributed by atoms with Crippen molar-refractivity contribution in [2.45, 2.75) is 68.3 Å². The van der Waals surface area contributed by atoms with Gasteiger partial charge in [0.15, 0.2) is 17.8 Å². The third-order valence-corrected chi connectivity index (χ3v) is 7.22. The largest absolute Gasteiger partial charge is 0.507 e. The van der Waals surface area contributed by atoms with Crippen LogP contribution in [0.2, 0.25) is 0 Å². The highest BCUT2D eigenvalue weighted by atomic mass is 16.7. The molecule has 0 aliphatic carbocycles. The molecule has 10 atom stereocenters. The molecular formula is C27H31O15+. The van der Waals surface area contributed by atoms with Crippen LogP contribution in [0.4, 0.5) is 0 Å². The van der Waals surface area contributed by atoms with Crippen molar-refractivity contribution in [2.24, 2.45) is 0 Å². The van der Waals surface area contributed by atoms with Crippen LogP contribution in [0.3, 0.4) is 0 Å². The van der Waals surface area contributed by atoms with Gasteiger partial charge in [-0.25, -0.2) is 4.42 Å². The quantitative estimate of drug-likeness (QED) is 0.124. The summed E-state index contributed by atoms with van der Waals surface area (Å²) in [7, 11) is 0. The van der Waals surface area contributed by atoms with Crippen molar-refractivity contribution in [1.82, 2.24) is 0 Å². The highest BCUT2D eigenvalue weighted by Gasteiger charge is 2.51. The van der Waals surface area contributed by atoms with E-state index in [9.17, 15) is 51.1 Å². The molecule has 2 aliphatic heterocycles. The number of hydrogen-bond acceptors (Lipinski definition) is 14. The van der Waals surface area contributed by atoms with Gasteiger partial charge in [0.25, 0.3) is 0 Å². The van der Waals surface area contributed by atoms with Gasteiger partial charge in [-0.2, -0.15) is 0 Å². The predicted molar refractivity (Wildman–Crippen MR) is 138 cm³/mol. The molecule has 228 valence electrons. The fraction of sp³-hybridized carbons (Fsp3) is 0.444. The number of phenols is 4. The molecule has 10 N–H and O–H groups in total. The topological polar surface area (TPSA) is 251 Å². The number of aliphatic hydroxyl groups excluding tert-OH is 6. The zero-order valence-electron chi connectivity index (χ0n) is 22.0. The average Bonchev–Trinajstić information content (AvgIpc) is 2.95. The van der Waals surface area contributed by atoms with Gasteiger partial charge in [-0.15, -0.1) is 0 Å². The first kappa shape index (κ1) is 30.0. The second kappa shape index (κ2) is 11.6. The Kier molecular flexibility index (Phi) is 8.30. The molecule has 15 nitrogen and oxygen atoms in total. The van der Waals surface area contributed by atoms with E-state index in [4.69, 9.17) is 23.4 Å². The van der Waals surface area contributed by atoms with Crippen molar-refractivity contribution < 1.29 is 74.4 Å². The van der Waals surface area contributed by atoms with Crippen molar-refractivity contribution in [2.75, 3.05) is 6.61 Å². The maximum absolute atomic E-state index is 11.2. The Labute approximate surface area is 237 Å². The van der Waals surface area contributed by atoms with Crippen LogP contribution >= 0.6 is 0 Å². The van der Waals surface area contributed by atoms with Gasteiger partial charge in [0, 0.05) is 18.2 Å². The van der Waals surface area contributed by atoms with Crippen molar-refractivity contribution in [3.8, 4) is 40.1 Å². The van der Waals surface area contributed by atoms with Crippen LogP contribution in [-0.2, 0) is 14.2 Å². The van der Waals surface area contributed by atoms with Gasteiger partial charge < -0.3 is 70.0 Å². The SMILES string of the molecule is C[C@@H]1O[C@@H](O[C@@H]2[C@@H](O)[C@H](Oc3cc4c(O)cc(O)cc4[o+]c3-c3ccc(O)c(O)c3)O[C@H](CO)[C@H]2O)[C@H](O)[C@H](O)[C@H]1O. The van der Waals surface area contributed by atoms with Crippen molar-refractivity contribution >= 4 is 11.0 Å². The summed E-state index contributed by atoms with van der Waals surface area (Å²) in [6.45, 7) is 0.650. The lowest BCUT2D eigenvalue weighted by molar-refractivity contribution is -0.349. The predicted octanol–water partition coefficient (Wildman–Crippen LogP) is -0.766. The van der Waals surface area contributed by atoms with Gasteiger partial charge in [0.2, 0.25) is 12.0 Å². The number of aromatic hydroxyl groups is 4. The normalized spacial score (nSPS) is 33.5. The van der Waals surface area contributed by atoms with Crippen molar-refractivity contribution in [3.63, 3.8) is 0 Å². The standard InChI is InChI=1S/C27H30O15/c1-9-19(33)21(35)22(36)26(38-9)42-25-20(34)18(8-28)41-27(23(25)37)40-17-7-12-14(31)5-11(29)6-16(12)39-24(17)10-2-3-13(30)15(32)4-10/h2-7,9,18-23,25-28,33-37H,8H2,1H3,(H3-,29,30,31,32)/p+1/t9-,18+,19-,20+,21+,22+,23+,25-,26-,27+/m0/s1. The summed E-state index contributed by atoms with van der Waals surface area (Å²) in [4.78, 5) is 0. The molecule has 2 aliphatic rings. The van der Waals surface area contributed by atoms with E-state index < -0.39 is 85.3 Å². The zero-order chi connectivity index (χ0) is 30.5. The molecule has 15 heteroatoms. The molecule has 5 rings (SSSR count). The molecule has 3 aromatic rings. The number of ether oxygens (including phenoxy) is 4. The summed E-state index contributed by atoms with van der Waals surface area (Å²) in [5.41, 5.74) is 0.151. The first-order valence-electron chi connectivity index (χ1n) is 12.9. The summed E-state index contributed by atoms with van der Waals surface area (Å²) < 4.78 is 28.4. The molecule has 0 radical (unpaired) electrons. The third-order valence-electron chi connectivity index (χ3n) is 7.22. The molecule has 1 aromatic heterocycles. The van der Waals surface area contributed by atoms with Crippen LogP contribution in [0.25, 0.3) is 22.3 Å². The van der Waals surface area contributed by atoms with E-state index in [1.54, 1.807) is 0 Å². The number of rotatable bonds is 6. The molecule has 0 spiro atoms. The zero-order valence-corrected chi connectivity index (χ0v) is 22.0. The average molecular weight is 596 g/mol. The third kappa shape index (κ3) is 5.49. The van der Waals surface area contributed by atoms with Gasteiger partial charge in [-0.3, -0.25) is 0 Å². The Hall–Kier alpha value is -3.51. The van der Waals surface area contributed by atoms with Crippen LogP contribution in [0, 0.1) is 0 Å². The Balaban J connectivity index is 1.51. The van der Waals surface area contributed by atoms with Crippen LogP contribution < -0.4 is 4.74 Å². The van der Waals surface area contributed by atoms with Gasteiger partial charge in [0.05, 0.1) is 24.3 Å². The minimum atomic E-state index is -1.83. The lowest BCUT2D eigenvalue weighted by Gasteiger charge is -2.45. The van der Waals surface area contributed by atoms with E-state index in [1.165, 1.54) is 31.2 Å². The molecule has 2 aromatic carbocycles. The smallest absolute Gasteiger partial charge is 0.402 e. The van der Waals surface area contributed by atoms with Gasteiger partial charge in [-0.1, -0.05) is 0 Å². The molecule has 0 unspecified atom stereocenters. The number of aliphatic hydroxyl groups is 6. The molecule has 42 heavy (non-hydrogen) atoms. The molecular weight excluding hydrogens is 564 g/mol. The van der Waals surface area contributed by atoms with Crippen LogP contribution in [0.1, 0.15) is 6.92 Å². The van der Waals surface area contributed by atoms with E-state index in [0.717, 1.165) is 12.1 Å². The van der Waals surface area contributed by atoms with E-state index >= 15 is 0 Å². The fourth-order valence-corrected chi connectivity index (χ4v) is 4.85. The molecule has 2 fully saturated rings. The summed E-state index contributed by atoms with van der Waals surface area (Å²) in [5, 5.41) is 103.